The van der Waals surface area contributed by atoms with Crippen molar-refractivity contribution in [2.24, 2.45) is 5.92 Å². The van der Waals surface area contributed by atoms with Crippen molar-refractivity contribution >= 4 is 27.5 Å². The predicted molar refractivity (Wildman–Crippen MR) is 88.6 cm³/mol. The zero-order valence-corrected chi connectivity index (χ0v) is 14.4. The molecular weight excluding hydrogens is 332 g/mol. The van der Waals surface area contributed by atoms with Gasteiger partial charge in [-0.3, -0.25) is 4.79 Å². The molecule has 1 heterocycles. The lowest BCUT2D eigenvalue weighted by molar-refractivity contribution is -0.120. The van der Waals surface area contributed by atoms with Crippen LogP contribution in [0.4, 0.5) is 5.69 Å². The van der Waals surface area contributed by atoms with Crippen LogP contribution in [-0.2, 0) is 9.53 Å². The van der Waals surface area contributed by atoms with Gasteiger partial charge < -0.3 is 15.4 Å². The molecule has 0 bridgehead atoms. The molecule has 2 N–H and O–H groups in total. The Kier molecular flexibility index (Phi) is 5.79. The highest BCUT2D eigenvalue weighted by molar-refractivity contribution is 9.10. The van der Waals surface area contributed by atoms with Crippen LogP contribution in [-0.4, -0.2) is 31.7 Å². The van der Waals surface area contributed by atoms with Crippen molar-refractivity contribution in [3.8, 4) is 0 Å². The van der Waals surface area contributed by atoms with Crippen LogP contribution < -0.4 is 10.6 Å². The first kappa shape index (κ1) is 16.5. The van der Waals surface area contributed by atoms with Crippen LogP contribution in [0.1, 0.15) is 24.5 Å². The molecule has 2 atom stereocenters. The zero-order chi connectivity index (χ0) is 15.4. The Morgan fingerprint density at radius 3 is 2.81 bits per heavy atom. The second-order valence-corrected chi connectivity index (χ2v) is 6.49. The number of anilines is 1. The number of ether oxygens (including phenoxy) is 1. The highest BCUT2D eigenvalue weighted by Gasteiger charge is 2.33. The molecule has 0 aliphatic carbocycles. The number of halogens is 1. The summed E-state index contributed by atoms with van der Waals surface area (Å²) in [5, 5.41) is 6.44. The molecule has 5 heteroatoms. The second-order valence-electron chi connectivity index (χ2n) is 5.63. The van der Waals surface area contributed by atoms with Crippen LogP contribution in [0.2, 0.25) is 0 Å². The van der Waals surface area contributed by atoms with Crippen LogP contribution >= 0.6 is 15.9 Å². The Morgan fingerprint density at radius 2 is 2.14 bits per heavy atom. The Balaban J connectivity index is 2.07. The van der Waals surface area contributed by atoms with Crippen molar-refractivity contribution < 1.29 is 9.53 Å². The third-order valence-corrected chi connectivity index (χ3v) is 4.38. The number of benzene rings is 1. The van der Waals surface area contributed by atoms with E-state index in [4.69, 9.17) is 4.74 Å². The fraction of sp³-hybridized carbons (Fsp3) is 0.562. The molecule has 2 rings (SSSR count). The number of hydrogen-bond donors (Lipinski definition) is 2. The maximum absolute atomic E-state index is 12.5. The van der Waals surface area contributed by atoms with Gasteiger partial charge in [0.1, 0.15) is 0 Å². The molecule has 1 aliphatic rings. The molecule has 0 spiro atoms. The number of hydrogen-bond acceptors (Lipinski definition) is 3. The number of carbonyl (C=O) groups excluding carboxylic acids is 1. The molecule has 0 aromatic heterocycles. The van der Waals surface area contributed by atoms with Crippen molar-refractivity contribution in [1.82, 2.24) is 5.32 Å². The van der Waals surface area contributed by atoms with Crippen molar-refractivity contribution in [1.29, 1.82) is 0 Å². The maximum Gasteiger partial charge on any atom is 0.231 e. The van der Waals surface area contributed by atoms with Gasteiger partial charge in [0.25, 0.3) is 0 Å². The van der Waals surface area contributed by atoms with Crippen LogP contribution in [0.15, 0.2) is 16.6 Å². The summed E-state index contributed by atoms with van der Waals surface area (Å²) < 4.78 is 6.39. The van der Waals surface area contributed by atoms with Gasteiger partial charge in [-0.1, -0.05) is 13.0 Å². The number of amides is 1. The lowest BCUT2D eigenvalue weighted by Gasteiger charge is -2.20. The standard InChI is InChI=1S/C16H23BrN2O2/c1-4-5-18-14-9-21-8-12(14)16(20)19-15-11(3)6-10(2)7-13(15)17/h6-7,12,14,18H,4-5,8-9H2,1-3H3,(H,19,20). The van der Waals surface area contributed by atoms with Gasteiger partial charge >= 0.3 is 0 Å². The van der Waals surface area contributed by atoms with E-state index < -0.39 is 0 Å². The quantitative estimate of drug-likeness (QED) is 0.854. The normalized spacial score (nSPS) is 21.5. The number of carbonyl (C=O) groups is 1. The molecule has 0 saturated carbocycles. The number of aryl methyl sites for hydroxylation is 2. The first-order valence-electron chi connectivity index (χ1n) is 7.41. The highest BCUT2D eigenvalue weighted by atomic mass is 79.9. The van der Waals surface area contributed by atoms with Gasteiger partial charge in [0.15, 0.2) is 0 Å². The smallest absolute Gasteiger partial charge is 0.231 e. The summed E-state index contributed by atoms with van der Waals surface area (Å²) in [5.41, 5.74) is 3.09. The monoisotopic (exact) mass is 354 g/mol. The summed E-state index contributed by atoms with van der Waals surface area (Å²) in [4.78, 5) is 12.5. The molecule has 1 aromatic carbocycles. The molecule has 4 nitrogen and oxygen atoms in total. The lowest BCUT2D eigenvalue weighted by Crippen LogP contribution is -2.41. The van der Waals surface area contributed by atoms with Gasteiger partial charge in [0, 0.05) is 10.5 Å². The van der Waals surface area contributed by atoms with Crippen LogP contribution in [0.3, 0.4) is 0 Å². The summed E-state index contributed by atoms with van der Waals surface area (Å²) in [7, 11) is 0. The summed E-state index contributed by atoms with van der Waals surface area (Å²) in [6, 6.07) is 4.19. The minimum atomic E-state index is -0.135. The Labute approximate surface area is 134 Å². The Morgan fingerprint density at radius 1 is 1.38 bits per heavy atom. The maximum atomic E-state index is 12.5. The average molecular weight is 355 g/mol. The molecule has 0 radical (unpaired) electrons. The van der Waals surface area contributed by atoms with Gasteiger partial charge in [-0.2, -0.15) is 0 Å². The van der Waals surface area contributed by atoms with E-state index in [-0.39, 0.29) is 17.9 Å². The second kappa shape index (κ2) is 7.38. The minimum Gasteiger partial charge on any atom is -0.379 e. The van der Waals surface area contributed by atoms with E-state index in [0.717, 1.165) is 28.7 Å². The van der Waals surface area contributed by atoms with Crippen LogP contribution in [0, 0.1) is 19.8 Å². The van der Waals surface area contributed by atoms with E-state index in [2.05, 4.69) is 39.6 Å². The summed E-state index contributed by atoms with van der Waals surface area (Å²) >= 11 is 3.53. The molecule has 1 fully saturated rings. The third kappa shape index (κ3) is 4.05. The largest absolute Gasteiger partial charge is 0.379 e. The fourth-order valence-corrected chi connectivity index (χ4v) is 3.41. The molecule has 1 saturated heterocycles. The van der Waals surface area contributed by atoms with Crippen molar-refractivity contribution in [3.05, 3.63) is 27.7 Å². The van der Waals surface area contributed by atoms with Crippen LogP contribution in [0.25, 0.3) is 0 Å². The molecule has 1 aliphatic heterocycles. The minimum absolute atomic E-state index is 0.0220. The van der Waals surface area contributed by atoms with Crippen molar-refractivity contribution in [2.45, 2.75) is 33.2 Å². The average Bonchev–Trinajstić information content (AvgIpc) is 2.88. The Bertz CT molecular complexity index is 496. The fourth-order valence-electron chi connectivity index (χ4n) is 2.63. The van der Waals surface area contributed by atoms with E-state index in [1.807, 2.05) is 19.9 Å². The van der Waals surface area contributed by atoms with E-state index in [9.17, 15) is 4.79 Å². The van der Waals surface area contributed by atoms with Gasteiger partial charge in [0.2, 0.25) is 5.91 Å². The number of nitrogens with one attached hydrogen (secondary N) is 2. The van der Waals surface area contributed by atoms with E-state index in [0.29, 0.717) is 13.2 Å². The number of rotatable bonds is 5. The summed E-state index contributed by atoms with van der Waals surface area (Å²) in [6.45, 7) is 8.15. The summed E-state index contributed by atoms with van der Waals surface area (Å²) in [6.07, 6.45) is 1.05. The SMILES string of the molecule is CCCNC1COCC1C(=O)Nc1c(C)cc(C)cc1Br. The van der Waals surface area contributed by atoms with Gasteiger partial charge in [-0.05, 0) is 59.9 Å². The van der Waals surface area contributed by atoms with E-state index in [1.165, 1.54) is 5.56 Å². The molecule has 2 unspecified atom stereocenters. The van der Waals surface area contributed by atoms with Gasteiger partial charge in [-0.15, -0.1) is 0 Å². The van der Waals surface area contributed by atoms with Gasteiger partial charge in [-0.25, -0.2) is 0 Å². The lowest BCUT2D eigenvalue weighted by atomic mass is 10.0. The predicted octanol–water partition coefficient (Wildman–Crippen LogP) is 3.02. The van der Waals surface area contributed by atoms with Crippen molar-refractivity contribution in [3.63, 3.8) is 0 Å². The highest BCUT2D eigenvalue weighted by Crippen LogP contribution is 2.29. The first-order chi connectivity index (χ1) is 10.0. The molecule has 1 aromatic rings. The third-order valence-electron chi connectivity index (χ3n) is 3.75. The first-order valence-corrected chi connectivity index (χ1v) is 8.21. The summed E-state index contributed by atoms with van der Waals surface area (Å²) in [5.74, 6) is -0.113. The van der Waals surface area contributed by atoms with Crippen molar-refractivity contribution in [2.75, 3.05) is 25.1 Å². The van der Waals surface area contributed by atoms with Crippen LogP contribution in [0.5, 0.6) is 0 Å². The van der Waals surface area contributed by atoms with E-state index >= 15 is 0 Å². The molecule has 1 amide bonds. The topological polar surface area (TPSA) is 50.4 Å². The van der Waals surface area contributed by atoms with E-state index in [1.54, 1.807) is 0 Å². The zero-order valence-electron chi connectivity index (χ0n) is 12.8. The molecule has 116 valence electrons. The molecular formula is C16H23BrN2O2. The Hall–Kier alpha value is -0.910. The molecule has 21 heavy (non-hydrogen) atoms. The van der Waals surface area contributed by atoms with Gasteiger partial charge in [0.05, 0.1) is 24.8 Å².